The van der Waals surface area contributed by atoms with Crippen molar-refractivity contribution >= 4 is 29.5 Å². The Morgan fingerprint density at radius 3 is 2.47 bits per heavy atom. The maximum absolute atomic E-state index is 12.2. The molecule has 1 aromatic heterocycles. The minimum Gasteiger partial charge on any atom is -0.469 e. The van der Waals surface area contributed by atoms with Gasteiger partial charge in [0.05, 0.1) is 31.9 Å². The third-order valence-electron chi connectivity index (χ3n) is 5.18. The molecule has 1 aliphatic heterocycles. The molecule has 1 saturated heterocycles. The molecule has 0 spiro atoms. The molecule has 2 rings (SSSR count). The van der Waals surface area contributed by atoms with E-state index in [1.165, 1.54) is 14.2 Å². The van der Waals surface area contributed by atoms with Gasteiger partial charge in [-0.2, -0.15) is 0 Å². The summed E-state index contributed by atoms with van der Waals surface area (Å²) in [6, 6.07) is 0. The van der Waals surface area contributed by atoms with E-state index in [1.807, 2.05) is 0 Å². The molecule has 192 valence electrons. The van der Waals surface area contributed by atoms with Gasteiger partial charge in [-0.05, 0) is 46.2 Å². The second-order valence-corrected chi connectivity index (χ2v) is 7.59. The number of hydrogen-bond donors (Lipinski definition) is 5. The molecule has 0 bridgehead atoms. The summed E-state index contributed by atoms with van der Waals surface area (Å²) in [4.78, 5) is 37.9. The summed E-state index contributed by atoms with van der Waals surface area (Å²) in [6.45, 7) is 5.44. The van der Waals surface area contributed by atoms with E-state index in [2.05, 4.69) is 35.6 Å². The number of aliphatic imine (C=N–C) groups is 1. The first kappa shape index (κ1) is 29.0. The van der Waals surface area contributed by atoms with Crippen LogP contribution < -0.4 is 28.3 Å². The Morgan fingerprint density at radius 1 is 1.15 bits per heavy atom. The van der Waals surface area contributed by atoms with Crippen LogP contribution in [0.3, 0.4) is 0 Å². The van der Waals surface area contributed by atoms with E-state index in [0.717, 1.165) is 45.3 Å². The van der Waals surface area contributed by atoms with Gasteiger partial charge in [0.15, 0.2) is 17.5 Å². The summed E-state index contributed by atoms with van der Waals surface area (Å²) in [5.74, 6) is -0.692. The lowest BCUT2D eigenvalue weighted by Gasteiger charge is -2.31. The standard InChI is InChI=1S/C20H34N8O4.CH5N/c1-13-17(21)26-18(22)16(25-13)19(30)27-20(23)24-8-3-4-9-28-10-5-14(6-11-28)32-12-7-15(29)31-2;1-2/h14H,3-12H2,1-2H3,(H4,21,22,26)(H3,23,24,27,30);2H2,1H3. The SMILES string of the molecule is CN.COC(=O)CCOC1CCN(CCCCN=C(N)NC(=O)c2nc(C)c(N)nc2N)CC1. The highest BCUT2D eigenvalue weighted by atomic mass is 16.5. The summed E-state index contributed by atoms with van der Waals surface area (Å²) in [5, 5.41) is 2.47. The fourth-order valence-electron chi connectivity index (χ4n) is 3.29. The van der Waals surface area contributed by atoms with Gasteiger partial charge in [0.25, 0.3) is 5.91 Å². The Labute approximate surface area is 200 Å². The van der Waals surface area contributed by atoms with E-state index >= 15 is 0 Å². The number of aryl methyl sites for hydroxylation is 1. The van der Waals surface area contributed by atoms with Crippen molar-refractivity contribution in [2.75, 3.05) is 58.4 Å². The van der Waals surface area contributed by atoms with Crippen molar-refractivity contribution in [3.8, 4) is 0 Å². The predicted molar refractivity (Wildman–Crippen MR) is 131 cm³/mol. The molecule has 13 heteroatoms. The van der Waals surface area contributed by atoms with E-state index in [0.29, 0.717) is 25.3 Å². The van der Waals surface area contributed by atoms with Gasteiger partial charge in [-0.25, -0.2) is 9.97 Å². The smallest absolute Gasteiger partial charge is 0.307 e. The first-order chi connectivity index (χ1) is 16.3. The van der Waals surface area contributed by atoms with Crippen molar-refractivity contribution in [3.05, 3.63) is 11.4 Å². The zero-order valence-electron chi connectivity index (χ0n) is 20.4. The molecule has 34 heavy (non-hydrogen) atoms. The van der Waals surface area contributed by atoms with Gasteiger partial charge in [-0.1, -0.05) is 0 Å². The van der Waals surface area contributed by atoms with Crippen LogP contribution in [0.5, 0.6) is 0 Å². The summed E-state index contributed by atoms with van der Waals surface area (Å²) in [7, 11) is 2.88. The Morgan fingerprint density at radius 2 is 1.82 bits per heavy atom. The van der Waals surface area contributed by atoms with Crippen LogP contribution in [0, 0.1) is 6.92 Å². The topological polar surface area (TPSA) is 210 Å². The number of anilines is 2. The second-order valence-electron chi connectivity index (χ2n) is 7.59. The number of aromatic nitrogens is 2. The van der Waals surface area contributed by atoms with Crippen LogP contribution in [0.1, 0.15) is 48.3 Å². The van der Waals surface area contributed by atoms with Gasteiger partial charge >= 0.3 is 5.97 Å². The first-order valence-corrected chi connectivity index (χ1v) is 11.3. The van der Waals surface area contributed by atoms with Crippen molar-refractivity contribution in [1.82, 2.24) is 20.2 Å². The van der Waals surface area contributed by atoms with Gasteiger partial charge in [0, 0.05) is 19.6 Å². The van der Waals surface area contributed by atoms with Crippen LogP contribution in [0.2, 0.25) is 0 Å². The van der Waals surface area contributed by atoms with E-state index < -0.39 is 5.91 Å². The second kappa shape index (κ2) is 15.7. The van der Waals surface area contributed by atoms with E-state index in [4.69, 9.17) is 21.9 Å². The summed E-state index contributed by atoms with van der Waals surface area (Å²) >= 11 is 0. The van der Waals surface area contributed by atoms with Crippen molar-refractivity contribution in [1.29, 1.82) is 0 Å². The summed E-state index contributed by atoms with van der Waals surface area (Å²) < 4.78 is 10.3. The number of carbonyl (C=O) groups excluding carboxylic acids is 2. The van der Waals surface area contributed by atoms with Gasteiger partial charge in [-0.15, -0.1) is 0 Å². The minimum atomic E-state index is -0.573. The lowest BCUT2D eigenvalue weighted by atomic mass is 10.1. The number of nitrogens with one attached hydrogen (secondary N) is 1. The molecule has 13 nitrogen and oxygen atoms in total. The van der Waals surface area contributed by atoms with Crippen LogP contribution in [0.4, 0.5) is 11.6 Å². The molecule has 2 heterocycles. The molecule has 0 unspecified atom stereocenters. The number of likely N-dealkylation sites (tertiary alicyclic amines) is 1. The van der Waals surface area contributed by atoms with E-state index in [9.17, 15) is 9.59 Å². The number of methoxy groups -OCH3 is 1. The average molecular weight is 482 g/mol. The number of piperidine rings is 1. The molecule has 1 aromatic rings. The number of amides is 1. The highest BCUT2D eigenvalue weighted by molar-refractivity contribution is 6.06. The molecule has 1 aliphatic rings. The number of ether oxygens (including phenoxy) is 2. The first-order valence-electron chi connectivity index (χ1n) is 11.3. The van der Waals surface area contributed by atoms with Crippen LogP contribution in [0.25, 0.3) is 0 Å². The molecule has 0 aliphatic carbocycles. The number of unbranched alkanes of at least 4 members (excludes halogenated alkanes) is 1. The van der Waals surface area contributed by atoms with Crippen LogP contribution in [-0.2, 0) is 14.3 Å². The quantitative estimate of drug-likeness (QED) is 0.123. The van der Waals surface area contributed by atoms with Crippen molar-refractivity contribution in [2.24, 2.45) is 16.5 Å². The monoisotopic (exact) mass is 481 g/mol. The molecule has 0 atom stereocenters. The Hall–Kier alpha value is -3.03. The third kappa shape index (κ3) is 10.3. The molecule has 0 saturated carbocycles. The number of guanidine groups is 1. The molecular weight excluding hydrogens is 442 g/mol. The zero-order chi connectivity index (χ0) is 25.5. The fourth-order valence-corrected chi connectivity index (χ4v) is 3.29. The third-order valence-corrected chi connectivity index (χ3v) is 5.18. The summed E-state index contributed by atoms with van der Waals surface area (Å²) in [5.41, 5.74) is 22.0. The largest absolute Gasteiger partial charge is 0.469 e. The van der Waals surface area contributed by atoms with Gasteiger partial charge in [0.2, 0.25) is 0 Å². The number of nitrogens with zero attached hydrogens (tertiary/aromatic N) is 4. The van der Waals surface area contributed by atoms with Gasteiger partial charge in [0.1, 0.15) is 5.82 Å². The number of hydrogen-bond acceptors (Lipinski definition) is 11. The predicted octanol–water partition coefficient (Wildman–Crippen LogP) is -0.607. The summed E-state index contributed by atoms with van der Waals surface area (Å²) in [6.07, 6.45) is 4.21. The number of rotatable bonds is 10. The Bertz CT molecular complexity index is 812. The Kier molecular flexibility index (Phi) is 13.4. The minimum absolute atomic E-state index is 0.00981. The van der Waals surface area contributed by atoms with Gasteiger partial charge < -0.3 is 37.3 Å². The molecule has 0 aromatic carbocycles. The zero-order valence-corrected chi connectivity index (χ0v) is 20.4. The van der Waals surface area contributed by atoms with Crippen LogP contribution in [0.15, 0.2) is 4.99 Å². The van der Waals surface area contributed by atoms with Crippen molar-refractivity contribution < 1.29 is 19.1 Å². The average Bonchev–Trinajstić information content (AvgIpc) is 2.83. The maximum Gasteiger partial charge on any atom is 0.307 e. The van der Waals surface area contributed by atoms with Crippen LogP contribution in [-0.4, -0.2) is 85.8 Å². The highest BCUT2D eigenvalue weighted by Crippen LogP contribution is 2.15. The van der Waals surface area contributed by atoms with E-state index in [1.54, 1.807) is 6.92 Å². The van der Waals surface area contributed by atoms with E-state index in [-0.39, 0.29) is 35.4 Å². The normalized spacial score (nSPS) is 14.8. The molecule has 0 radical (unpaired) electrons. The number of esters is 1. The fraction of sp³-hybridized carbons (Fsp3) is 0.667. The molecule has 1 amide bonds. The van der Waals surface area contributed by atoms with Crippen LogP contribution >= 0.6 is 0 Å². The molecule has 9 N–H and O–H groups in total. The maximum atomic E-state index is 12.2. The van der Waals surface area contributed by atoms with Gasteiger partial charge in [-0.3, -0.25) is 19.9 Å². The number of nitrogen functional groups attached to an aromatic ring is 2. The number of carbonyl (C=O) groups is 2. The number of nitrogens with two attached hydrogens (primary N) is 4. The van der Waals surface area contributed by atoms with Crippen molar-refractivity contribution in [2.45, 2.75) is 45.1 Å². The molecular formula is C21H39N9O4. The lowest BCUT2D eigenvalue weighted by Crippen LogP contribution is -2.38. The Balaban J connectivity index is 0.00000281. The molecule has 1 fully saturated rings. The lowest BCUT2D eigenvalue weighted by molar-refractivity contribution is -0.142. The van der Waals surface area contributed by atoms with Crippen molar-refractivity contribution in [3.63, 3.8) is 0 Å². The highest BCUT2D eigenvalue weighted by Gasteiger charge is 2.19.